The Bertz CT molecular complexity index is 549. The number of aryl methyl sites for hydroxylation is 1. The highest BCUT2D eigenvalue weighted by molar-refractivity contribution is 5.61. The summed E-state index contributed by atoms with van der Waals surface area (Å²) < 4.78 is 0. The van der Waals surface area contributed by atoms with Crippen molar-refractivity contribution in [3.63, 3.8) is 0 Å². The maximum Gasteiger partial charge on any atom is 0.131 e. The van der Waals surface area contributed by atoms with Crippen molar-refractivity contribution < 1.29 is 0 Å². The third kappa shape index (κ3) is 2.90. The monoisotopic (exact) mass is 266 g/mol. The van der Waals surface area contributed by atoms with Crippen molar-refractivity contribution in [3.05, 3.63) is 48.0 Å². The normalized spacial score (nSPS) is 22.7. The van der Waals surface area contributed by atoms with Crippen molar-refractivity contribution in [2.75, 3.05) is 0 Å². The molecule has 2 nitrogen and oxygen atoms in total. The minimum absolute atomic E-state index is 0.568. The van der Waals surface area contributed by atoms with Gasteiger partial charge < -0.3 is 0 Å². The Hall–Kier alpha value is -1.70. The van der Waals surface area contributed by atoms with E-state index in [-0.39, 0.29) is 0 Å². The summed E-state index contributed by atoms with van der Waals surface area (Å²) >= 11 is 0. The van der Waals surface area contributed by atoms with E-state index in [1.54, 1.807) is 0 Å². The molecule has 0 N–H and O–H groups in total. The van der Waals surface area contributed by atoms with Gasteiger partial charge in [-0.15, -0.1) is 0 Å². The van der Waals surface area contributed by atoms with Gasteiger partial charge in [0.25, 0.3) is 0 Å². The summed E-state index contributed by atoms with van der Waals surface area (Å²) in [6, 6.07) is 8.53. The van der Waals surface area contributed by atoms with E-state index in [1.165, 1.54) is 36.8 Å². The van der Waals surface area contributed by atoms with Gasteiger partial charge in [-0.1, -0.05) is 49.6 Å². The van der Waals surface area contributed by atoms with Crippen LogP contribution >= 0.6 is 0 Å². The first-order valence-corrected chi connectivity index (χ1v) is 7.61. The van der Waals surface area contributed by atoms with Crippen LogP contribution in [0, 0.1) is 12.8 Å². The molecule has 0 radical (unpaired) electrons. The van der Waals surface area contributed by atoms with Gasteiger partial charge in [0.2, 0.25) is 0 Å². The third-order valence-electron chi connectivity index (χ3n) is 4.44. The second-order valence-corrected chi connectivity index (χ2v) is 6.15. The molecule has 1 aromatic heterocycles. The molecule has 0 atom stereocenters. The molecule has 0 unspecified atom stereocenters. The first-order valence-electron chi connectivity index (χ1n) is 7.61. The van der Waals surface area contributed by atoms with E-state index >= 15 is 0 Å². The lowest BCUT2D eigenvalue weighted by atomic mass is 9.82. The molecule has 1 fully saturated rings. The zero-order valence-corrected chi connectivity index (χ0v) is 12.3. The van der Waals surface area contributed by atoms with E-state index in [0.717, 1.165) is 17.3 Å². The number of aromatic nitrogens is 2. The lowest BCUT2D eigenvalue weighted by molar-refractivity contribution is 0.339. The molecule has 2 aromatic rings. The summed E-state index contributed by atoms with van der Waals surface area (Å²) in [5, 5.41) is 0. The zero-order valence-electron chi connectivity index (χ0n) is 12.3. The Morgan fingerprint density at radius 3 is 2.05 bits per heavy atom. The summed E-state index contributed by atoms with van der Waals surface area (Å²) in [4.78, 5) is 9.23. The van der Waals surface area contributed by atoms with Crippen molar-refractivity contribution in [2.45, 2.75) is 45.4 Å². The van der Waals surface area contributed by atoms with Crippen molar-refractivity contribution >= 4 is 0 Å². The van der Waals surface area contributed by atoms with Crippen LogP contribution < -0.4 is 0 Å². The molecule has 0 saturated heterocycles. The van der Waals surface area contributed by atoms with Gasteiger partial charge in [-0.25, -0.2) is 9.97 Å². The Labute approximate surface area is 121 Å². The van der Waals surface area contributed by atoms with Crippen LogP contribution in [0.3, 0.4) is 0 Å². The van der Waals surface area contributed by atoms with Crippen molar-refractivity contribution in [1.29, 1.82) is 0 Å². The topological polar surface area (TPSA) is 25.8 Å². The Balaban J connectivity index is 1.76. The highest BCUT2D eigenvalue weighted by Crippen LogP contribution is 2.34. The van der Waals surface area contributed by atoms with Gasteiger partial charge in [-0.05, 0) is 31.2 Å². The number of nitrogens with zero attached hydrogens (tertiary/aromatic N) is 2. The maximum atomic E-state index is 4.62. The summed E-state index contributed by atoms with van der Waals surface area (Å²) in [7, 11) is 0. The number of rotatable bonds is 2. The molecular weight excluding hydrogens is 244 g/mol. The van der Waals surface area contributed by atoms with E-state index < -0.39 is 0 Å². The average molecular weight is 266 g/mol. The van der Waals surface area contributed by atoms with E-state index in [2.05, 4.69) is 48.1 Å². The van der Waals surface area contributed by atoms with Gasteiger partial charge in [0.1, 0.15) is 5.82 Å². The first kappa shape index (κ1) is 13.3. The van der Waals surface area contributed by atoms with Crippen molar-refractivity contribution in [1.82, 2.24) is 9.97 Å². The van der Waals surface area contributed by atoms with Gasteiger partial charge in [-0.3, -0.25) is 0 Å². The van der Waals surface area contributed by atoms with Gasteiger partial charge in [0, 0.05) is 23.9 Å². The van der Waals surface area contributed by atoms with Crippen LogP contribution in [-0.2, 0) is 0 Å². The molecule has 104 valence electrons. The van der Waals surface area contributed by atoms with E-state index in [9.17, 15) is 0 Å². The van der Waals surface area contributed by atoms with Crippen LogP contribution in [-0.4, -0.2) is 9.97 Å². The van der Waals surface area contributed by atoms with E-state index in [4.69, 9.17) is 0 Å². The molecule has 1 saturated carbocycles. The van der Waals surface area contributed by atoms with Crippen LogP contribution in [0.5, 0.6) is 0 Å². The smallest absolute Gasteiger partial charge is 0.131 e. The molecule has 20 heavy (non-hydrogen) atoms. The quantitative estimate of drug-likeness (QED) is 0.784. The van der Waals surface area contributed by atoms with E-state index in [1.807, 2.05) is 12.4 Å². The Morgan fingerprint density at radius 1 is 0.850 bits per heavy atom. The highest BCUT2D eigenvalue weighted by atomic mass is 14.9. The fourth-order valence-corrected chi connectivity index (χ4v) is 2.96. The molecule has 2 heteroatoms. The predicted molar refractivity (Wildman–Crippen MR) is 82.6 cm³/mol. The molecule has 1 heterocycles. The molecule has 3 rings (SSSR count). The molecule has 1 aliphatic carbocycles. The maximum absolute atomic E-state index is 4.62. The molecule has 0 bridgehead atoms. The summed E-state index contributed by atoms with van der Waals surface area (Å²) in [6.45, 7) is 4.45. The second kappa shape index (κ2) is 5.74. The van der Waals surface area contributed by atoms with Gasteiger partial charge >= 0.3 is 0 Å². The molecule has 1 aliphatic rings. The Kier molecular flexibility index (Phi) is 3.81. The number of benzene rings is 1. The SMILES string of the molecule is Cc1ccc(-c2cnc(C3CCC(C)CC3)nc2)cc1. The third-order valence-corrected chi connectivity index (χ3v) is 4.44. The van der Waals surface area contributed by atoms with Crippen LogP contribution in [0.1, 0.15) is 49.9 Å². The van der Waals surface area contributed by atoms with Gasteiger partial charge in [0.15, 0.2) is 0 Å². The molecular formula is C18H22N2. The second-order valence-electron chi connectivity index (χ2n) is 6.15. The zero-order chi connectivity index (χ0) is 13.9. The standard InChI is InChI=1S/C18H22N2/c1-13-3-7-15(8-4-13)17-11-19-18(20-12-17)16-9-5-14(2)6-10-16/h3-4,7-8,11-12,14,16H,5-6,9-10H2,1-2H3. The fraction of sp³-hybridized carbons (Fsp3) is 0.444. The summed E-state index contributed by atoms with van der Waals surface area (Å²) in [5.74, 6) is 2.48. The molecule has 0 spiro atoms. The lowest BCUT2D eigenvalue weighted by Gasteiger charge is -2.24. The van der Waals surface area contributed by atoms with Gasteiger partial charge in [0.05, 0.1) is 0 Å². The minimum atomic E-state index is 0.568. The van der Waals surface area contributed by atoms with Crippen LogP contribution in [0.4, 0.5) is 0 Å². The minimum Gasteiger partial charge on any atom is -0.240 e. The highest BCUT2D eigenvalue weighted by Gasteiger charge is 2.21. The van der Waals surface area contributed by atoms with Crippen LogP contribution in [0.15, 0.2) is 36.7 Å². The van der Waals surface area contributed by atoms with Crippen molar-refractivity contribution in [3.8, 4) is 11.1 Å². The summed E-state index contributed by atoms with van der Waals surface area (Å²) in [6.07, 6.45) is 9.06. The first-order chi connectivity index (χ1) is 9.72. The Morgan fingerprint density at radius 2 is 1.45 bits per heavy atom. The lowest BCUT2D eigenvalue weighted by Crippen LogP contribution is -2.13. The molecule has 0 aliphatic heterocycles. The largest absolute Gasteiger partial charge is 0.240 e. The van der Waals surface area contributed by atoms with E-state index in [0.29, 0.717) is 5.92 Å². The van der Waals surface area contributed by atoms with Crippen molar-refractivity contribution in [2.24, 2.45) is 5.92 Å². The van der Waals surface area contributed by atoms with Crippen LogP contribution in [0.25, 0.3) is 11.1 Å². The fourth-order valence-electron chi connectivity index (χ4n) is 2.96. The predicted octanol–water partition coefficient (Wildman–Crippen LogP) is 4.75. The average Bonchev–Trinajstić information content (AvgIpc) is 2.49. The number of hydrogen-bond acceptors (Lipinski definition) is 2. The van der Waals surface area contributed by atoms with Gasteiger partial charge in [-0.2, -0.15) is 0 Å². The molecule has 1 aromatic carbocycles. The summed E-state index contributed by atoms with van der Waals surface area (Å²) in [5.41, 5.74) is 3.58. The van der Waals surface area contributed by atoms with Crippen LogP contribution in [0.2, 0.25) is 0 Å². The number of hydrogen-bond donors (Lipinski definition) is 0. The molecule has 0 amide bonds.